The summed E-state index contributed by atoms with van der Waals surface area (Å²) in [4.78, 5) is 25.9. The van der Waals surface area contributed by atoms with Crippen molar-refractivity contribution in [1.29, 1.82) is 0 Å². The Labute approximate surface area is 118 Å². The molecule has 1 rings (SSSR count). The van der Waals surface area contributed by atoms with Crippen LogP contribution in [-0.4, -0.2) is 67.1 Å². The lowest BCUT2D eigenvalue weighted by Gasteiger charge is -2.22. The number of carboxylic acid groups (broad SMARTS) is 1. The van der Waals surface area contributed by atoms with Gasteiger partial charge in [-0.3, -0.25) is 9.59 Å². The lowest BCUT2D eigenvalue weighted by Crippen LogP contribution is -2.42. The highest BCUT2D eigenvalue weighted by Gasteiger charge is 2.17. The maximum Gasteiger partial charge on any atom is 0.323 e. The van der Waals surface area contributed by atoms with Gasteiger partial charge in [0.15, 0.2) is 6.61 Å². The summed E-state index contributed by atoms with van der Waals surface area (Å²) in [7, 11) is 3.73. The average Bonchev–Trinajstić information content (AvgIpc) is 2.41. The minimum Gasteiger partial charge on any atom is -0.484 e. The molecule has 0 aliphatic rings. The fourth-order valence-electron chi connectivity index (χ4n) is 1.53. The number of carbonyl (C=O) groups is 2. The molecule has 110 valence electrons. The maximum absolute atomic E-state index is 12.0. The molecule has 0 aliphatic carbocycles. The first-order valence-corrected chi connectivity index (χ1v) is 6.31. The number of para-hydroxylation sites is 1. The number of hydrogen-bond donors (Lipinski definition) is 1. The van der Waals surface area contributed by atoms with Crippen molar-refractivity contribution in [3.63, 3.8) is 0 Å². The Morgan fingerprint density at radius 1 is 1.15 bits per heavy atom. The predicted octanol–water partition coefficient (Wildman–Crippen LogP) is 0.540. The van der Waals surface area contributed by atoms with Gasteiger partial charge in [0.25, 0.3) is 5.91 Å². The topological polar surface area (TPSA) is 70.1 Å². The number of nitrogens with zero attached hydrogens (tertiary/aromatic N) is 2. The number of amides is 1. The van der Waals surface area contributed by atoms with Crippen LogP contribution in [0.25, 0.3) is 0 Å². The number of likely N-dealkylation sites (N-methyl/N-ethyl adjacent to an activating group) is 1. The van der Waals surface area contributed by atoms with Crippen molar-refractivity contribution >= 4 is 11.9 Å². The second kappa shape index (κ2) is 8.16. The van der Waals surface area contributed by atoms with E-state index in [0.717, 1.165) is 0 Å². The molecule has 0 saturated carbocycles. The molecule has 1 N–H and O–H groups in total. The van der Waals surface area contributed by atoms with E-state index in [4.69, 9.17) is 9.84 Å². The summed E-state index contributed by atoms with van der Waals surface area (Å²) < 4.78 is 5.34. The highest BCUT2D eigenvalue weighted by atomic mass is 16.5. The van der Waals surface area contributed by atoms with E-state index in [1.807, 2.05) is 25.1 Å². The van der Waals surface area contributed by atoms with Crippen molar-refractivity contribution < 1.29 is 19.4 Å². The Kier molecular flexibility index (Phi) is 6.52. The molecule has 0 unspecified atom stereocenters. The number of aliphatic carboxylic acids is 1. The molecule has 0 fully saturated rings. The highest BCUT2D eigenvalue weighted by Crippen LogP contribution is 2.08. The standard InChI is InChI=1S/C14H20N2O4/c1-15(2)8-9-16(10-14(18)19)13(17)11-20-12-6-4-3-5-7-12/h3-7H,8-11H2,1-2H3,(H,18,19). The van der Waals surface area contributed by atoms with Crippen LogP contribution in [0.2, 0.25) is 0 Å². The monoisotopic (exact) mass is 280 g/mol. The van der Waals surface area contributed by atoms with Crippen LogP contribution in [0.4, 0.5) is 0 Å². The van der Waals surface area contributed by atoms with Gasteiger partial charge in [-0.1, -0.05) is 18.2 Å². The van der Waals surface area contributed by atoms with E-state index in [0.29, 0.717) is 18.8 Å². The van der Waals surface area contributed by atoms with Gasteiger partial charge >= 0.3 is 5.97 Å². The van der Waals surface area contributed by atoms with Crippen molar-refractivity contribution in [2.75, 3.05) is 40.3 Å². The van der Waals surface area contributed by atoms with Crippen molar-refractivity contribution in [2.45, 2.75) is 0 Å². The maximum atomic E-state index is 12.0. The molecule has 0 spiro atoms. The van der Waals surface area contributed by atoms with Crippen LogP contribution in [0, 0.1) is 0 Å². The van der Waals surface area contributed by atoms with E-state index in [1.165, 1.54) is 4.90 Å². The highest BCUT2D eigenvalue weighted by molar-refractivity contribution is 5.82. The Hall–Kier alpha value is -2.08. The molecule has 6 heteroatoms. The van der Waals surface area contributed by atoms with Gasteiger partial charge in [0.1, 0.15) is 12.3 Å². The smallest absolute Gasteiger partial charge is 0.323 e. The van der Waals surface area contributed by atoms with Crippen LogP contribution in [-0.2, 0) is 9.59 Å². The van der Waals surface area contributed by atoms with Crippen molar-refractivity contribution in [3.05, 3.63) is 30.3 Å². The molecule has 0 heterocycles. The van der Waals surface area contributed by atoms with Crippen molar-refractivity contribution in [2.24, 2.45) is 0 Å². The summed E-state index contributed by atoms with van der Waals surface area (Å²) in [5, 5.41) is 8.83. The molecule has 1 amide bonds. The van der Waals surface area contributed by atoms with Crippen molar-refractivity contribution in [1.82, 2.24) is 9.80 Å². The number of hydrogen-bond acceptors (Lipinski definition) is 4. The quantitative estimate of drug-likeness (QED) is 0.752. The van der Waals surface area contributed by atoms with Gasteiger partial charge in [0.05, 0.1) is 0 Å². The first-order chi connectivity index (χ1) is 9.49. The van der Waals surface area contributed by atoms with E-state index < -0.39 is 5.97 Å². The molecule has 0 atom stereocenters. The first-order valence-electron chi connectivity index (χ1n) is 6.31. The minimum atomic E-state index is -1.03. The van der Waals surface area contributed by atoms with Crippen LogP contribution >= 0.6 is 0 Å². The summed E-state index contributed by atoms with van der Waals surface area (Å²) in [6.45, 7) is 0.482. The van der Waals surface area contributed by atoms with E-state index in [9.17, 15) is 9.59 Å². The Morgan fingerprint density at radius 3 is 2.35 bits per heavy atom. The molecule has 0 aliphatic heterocycles. The fraction of sp³-hybridized carbons (Fsp3) is 0.429. The zero-order valence-corrected chi connectivity index (χ0v) is 11.8. The summed E-state index contributed by atoms with van der Waals surface area (Å²) >= 11 is 0. The third-order valence-electron chi connectivity index (χ3n) is 2.60. The molecule has 0 radical (unpaired) electrons. The van der Waals surface area contributed by atoms with Crippen LogP contribution < -0.4 is 4.74 Å². The molecule has 0 bridgehead atoms. The first kappa shape index (κ1) is 16.0. The molecule has 1 aromatic carbocycles. The third kappa shape index (κ3) is 6.19. The van der Waals surface area contributed by atoms with Gasteiger partial charge in [-0.2, -0.15) is 0 Å². The zero-order valence-electron chi connectivity index (χ0n) is 11.8. The number of benzene rings is 1. The van der Waals surface area contributed by atoms with E-state index in [2.05, 4.69) is 0 Å². The largest absolute Gasteiger partial charge is 0.484 e. The lowest BCUT2D eigenvalue weighted by atomic mass is 10.3. The number of carboxylic acids is 1. The molecule has 6 nitrogen and oxygen atoms in total. The van der Waals surface area contributed by atoms with E-state index >= 15 is 0 Å². The second-order valence-electron chi connectivity index (χ2n) is 4.61. The van der Waals surface area contributed by atoms with Gasteiger partial charge in [-0.05, 0) is 26.2 Å². The fourth-order valence-corrected chi connectivity index (χ4v) is 1.53. The minimum absolute atomic E-state index is 0.162. The Balaban J connectivity index is 2.51. The summed E-state index contributed by atoms with van der Waals surface area (Å²) in [5.74, 6) is -0.779. The Bertz CT molecular complexity index is 434. The SMILES string of the molecule is CN(C)CCN(CC(=O)O)C(=O)COc1ccccc1. The molecule has 20 heavy (non-hydrogen) atoms. The molecular formula is C14H20N2O4. The molecular weight excluding hydrogens is 260 g/mol. The third-order valence-corrected chi connectivity index (χ3v) is 2.60. The Morgan fingerprint density at radius 2 is 1.80 bits per heavy atom. The summed E-state index contributed by atoms with van der Waals surface area (Å²) in [5.41, 5.74) is 0. The van der Waals surface area contributed by atoms with Crippen LogP contribution in [0.15, 0.2) is 30.3 Å². The number of rotatable bonds is 8. The van der Waals surface area contributed by atoms with Crippen LogP contribution in [0.5, 0.6) is 5.75 Å². The summed E-state index contributed by atoms with van der Waals surface area (Å²) in [6, 6.07) is 8.95. The van der Waals surface area contributed by atoms with Gasteiger partial charge in [-0.15, -0.1) is 0 Å². The van der Waals surface area contributed by atoms with Gasteiger partial charge in [0, 0.05) is 13.1 Å². The zero-order chi connectivity index (χ0) is 15.0. The normalized spacial score (nSPS) is 10.3. The number of carbonyl (C=O) groups excluding carboxylic acids is 1. The van der Waals surface area contributed by atoms with E-state index in [1.54, 1.807) is 24.3 Å². The lowest BCUT2D eigenvalue weighted by molar-refractivity contribution is -0.145. The van der Waals surface area contributed by atoms with Crippen LogP contribution in [0.3, 0.4) is 0 Å². The van der Waals surface area contributed by atoms with Gasteiger partial charge < -0.3 is 19.6 Å². The summed E-state index contributed by atoms with van der Waals surface area (Å²) in [6.07, 6.45) is 0. The predicted molar refractivity (Wildman–Crippen MR) is 74.7 cm³/mol. The molecule has 1 aromatic rings. The van der Waals surface area contributed by atoms with Gasteiger partial charge in [0.2, 0.25) is 0 Å². The molecule has 0 saturated heterocycles. The van der Waals surface area contributed by atoms with E-state index in [-0.39, 0.29) is 19.1 Å². The average molecular weight is 280 g/mol. The van der Waals surface area contributed by atoms with Crippen LogP contribution in [0.1, 0.15) is 0 Å². The van der Waals surface area contributed by atoms with Crippen molar-refractivity contribution in [3.8, 4) is 5.75 Å². The van der Waals surface area contributed by atoms with Gasteiger partial charge in [-0.25, -0.2) is 0 Å². The molecule has 0 aromatic heterocycles. The number of ether oxygens (including phenoxy) is 1. The second-order valence-corrected chi connectivity index (χ2v) is 4.61.